The summed E-state index contributed by atoms with van der Waals surface area (Å²) in [6, 6.07) is 13.7. The molecule has 0 bridgehead atoms. The highest BCUT2D eigenvalue weighted by molar-refractivity contribution is 7.91. The number of amides is 1. The molecule has 1 atom stereocenters. The van der Waals surface area contributed by atoms with Crippen LogP contribution in [0.25, 0.3) is 0 Å². The van der Waals surface area contributed by atoms with Gasteiger partial charge in [0.05, 0.1) is 5.75 Å². The summed E-state index contributed by atoms with van der Waals surface area (Å²) in [6.45, 7) is 1.49. The van der Waals surface area contributed by atoms with Crippen LogP contribution in [0.15, 0.2) is 64.4 Å². The number of rotatable bonds is 7. The van der Waals surface area contributed by atoms with Crippen LogP contribution >= 0.6 is 0 Å². The number of aromatic nitrogens is 3. The maximum Gasteiger partial charge on any atom is 0.335 e. The van der Waals surface area contributed by atoms with Gasteiger partial charge < -0.3 is 9.73 Å². The van der Waals surface area contributed by atoms with E-state index in [2.05, 4.69) is 20.5 Å². The van der Waals surface area contributed by atoms with Crippen LogP contribution in [0.5, 0.6) is 0 Å². The fraction of sp³-hybridized carbons (Fsp3) is 0.222. The number of sulfone groups is 1. The normalized spacial score (nSPS) is 12.5. The van der Waals surface area contributed by atoms with Gasteiger partial charge in [-0.3, -0.25) is 9.78 Å². The summed E-state index contributed by atoms with van der Waals surface area (Å²) in [6.07, 6.45) is 1.87. The van der Waals surface area contributed by atoms with E-state index < -0.39 is 27.0 Å². The van der Waals surface area contributed by atoms with E-state index in [1.165, 1.54) is 13.1 Å². The Hall–Kier alpha value is -3.07. The molecule has 1 N–H and O–H groups in total. The van der Waals surface area contributed by atoms with Gasteiger partial charge in [-0.2, -0.15) is 0 Å². The standard InChI is InChI=1S/C18H18N4O4S/c1-2-27(24,25)18-22-21-17(26-18)15(12-13-8-4-3-5-9-13)20-16(23)14-10-6-7-11-19-14/h3-11,15H,2,12H2,1H3,(H,20,23)/t15-/m0/s1. The van der Waals surface area contributed by atoms with E-state index in [1.54, 1.807) is 18.2 Å². The first kappa shape index (κ1) is 18.7. The van der Waals surface area contributed by atoms with Gasteiger partial charge in [-0.15, -0.1) is 5.10 Å². The van der Waals surface area contributed by atoms with Crippen LogP contribution in [-0.2, 0) is 16.3 Å². The van der Waals surface area contributed by atoms with Crippen LogP contribution in [0.3, 0.4) is 0 Å². The lowest BCUT2D eigenvalue weighted by molar-refractivity contribution is 0.0924. The van der Waals surface area contributed by atoms with Crippen LogP contribution in [0.2, 0.25) is 0 Å². The third-order valence-corrected chi connectivity index (χ3v) is 5.31. The Morgan fingerprint density at radius 2 is 1.85 bits per heavy atom. The number of hydrogen-bond acceptors (Lipinski definition) is 7. The number of benzene rings is 1. The monoisotopic (exact) mass is 386 g/mol. The molecule has 2 heterocycles. The van der Waals surface area contributed by atoms with Crippen LogP contribution < -0.4 is 5.32 Å². The number of carbonyl (C=O) groups is 1. The molecule has 2 aromatic heterocycles. The molecule has 140 valence electrons. The predicted molar refractivity (Wildman–Crippen MR) is 96.6 cm³/mol. The van der Waals surface area contributed by atoms with E-state index in [1.807, 2.05) is 30.3 Å². The SMILES string of the molecule is CCS(=O)(=O)c1nnc([C@H](Cc2ccccc2)NC(=O)c2ccccn2)o1. The van der Waals surface area contributed by atoms with E-state index >= 15 is 0 Å². The molecular weight excluding hydrogens is 368 g/mol. The average molecular weight is 386 g/mol. The molecule has 1 aromatic carbocycles. The third kappa shape index (κ3) is 4.56. The van der Waals surface area contributed by atoms with Crippen molar-refractivity contribution in [2.75, 3.05) is 5.75 Å². The van der Waals surface area contributed by atoms with Crippen molar-refractivity contribution in [3.63, 3.8) is 0 Å². The molecular formula is C18H18N4O4S. The number of hydrogen-bond donors (Lipinski definition) is 1. The lowest BCUT2D eigenvalue weighted by Gasteiger charge is -2.15. The van der Waals surface area contributed by atoms with Gasteiger partial charge in [0.1, 0.15) is 11.7 Å². The topological polar surface area (TPSA) is 115 Å². The minimum atomic E-state index is -3.63. The van der Waals surface area contributed by atoms with E-state index in [0.717, 1.165) is 5.56 Å². The summed E-state index contributed by atoms with van der Waals surface area (Å²) in [4.78, 5) is 16.5. The minimum Gasteiger partial charge on any atom is -0.410 e. The van der Waals surface area contributed by atoms with Gasteiger partial charge >= 0.3 is 5.22 Å². The Balaban J connectivity index is 1.89. The van der Waals surface area contributed by atoms with Gasteiger partial charge in [0.2, 0.25) is 15.7 Å². The average Bonchev–Trinajstić information content (AvgIpc) is 3.20. The lowest BCUT2D eigenvalue weighted by atomic mass is 10.1. The molecule has 0 radical (unpaired) electrons. The Labute approximate surface area is 156 Å². The molecule has 0 aliphatic carbocycles. The molecule has 8 nitrogen and oxygen atoms in total. The molecule has 0 aliphatic rings. The summed E-state index contributed by atoms with van der Waals surface area (Å²) in [5.74, 6) is -0.553. The molecule has 0 saturated carbocycles. The van der Waals surface area contributed by atoms with Crippen molar-refractivity contribution in [1.29, 1.82) is 0 Å². The first-order chi connectivity index (χ1) is 13.0. The molecule has 3 aromatic rings. The maximum absolute atomic E-state index is 12.5. The number of pyridine rings is 1. The lowest BCUT2D eigenvalue weighted by Crippen LogP contribution is -2.30. The first-order valence-electron chi connectivity index (χ1n) is 8.31. The van der Waals surface area contributed by atoms with E-state index in [-0.39, 0.29) is 17.3 Å². The molecule has 0 fully saturated rings. The van der Waals surface area contributed by atoms with Crippen molar-refractivity contribution >= 4 is 15.7 Å². The Kier molecular flexibility index (Phi) is 5.60. The molecule has 0 saturated heterocycles. The first-order valence-corrected chi connectivity index (χ1v) is 9.97. The highest BCUT2D eigenvalue weighted by Crippen LogP contribution is 2.20. The Morgan fingerprint density at radius 1 is 1.11 bits per heavy atom. The fourth-order valence-electron chi connectivity index (χ4n) is 2.39. The van der Waals surface area contributed by atoms with Gasteiger partial charge in [-0.05, 0) is 17.7 Å². The van der Waals surface area contributed by atoms with Crippen molar-refractivity contribution in [1.82, 2.24) is 20.5 Å². The molecule has 0 spiro atoms. The number of carbonyl (C=O) groups excluding carboxylic acids is 1. The molecule has 0 aliphatic heterocycles. The van der Waals surface area contributed by atoms with Gasteiger partial charge in [0.15, 0.2) is 0 Å². The van der Waals surface area contributed by atoms with Gasteiger partial charge in [-0.1, -0.05) is 48.4 Å². The molecule has 3 rings (SSSR count). The van der Waals surface area contributed by atoms with Crippen molar-refractivity contribution in [3.8, 4) is 0 Å². The summed E-state index contributed by atoms with van der Waals surface area (Å²) in [5, 5.41) is 9.81. The summed E-state index contributed by atoms with van der Waals surface area (Å²) >= 11 is 0. The second kappa shape index (κ2) is 8.09. The second-order valence-electron chi connectivity index (χ2n) is 5.74. The maximum atomic E-state index is 12.5. The minimum absolute atomic E-state index is 0.0233. The predicted octanol–water partition coefficient (Wildman–Crippen LogP) is 1.97. The largest absolute Gasteiger partial charge is 0.410 e. The Morgan fingerprint density at radius 3 is 2.52 bits per heavy atom. The quantitative estimate of drug-likeness (QED) is 0.660. The molecule has 0 unspecified atom stereocenters. The van der Waals surface area contributed by atoms with Crippen LogP contribution in [0.1, 0.15) is 34.9 Å². The zero-order valence-electron chi connectivity index (χ0n) is 14.6. The van der Waals surface area contributed by atoms with Crippen LogP contribution in [-0.4, -0.2) is 35.3 Å². The molecule has 1 amide bonds. The zero-order chi connectivity index (χ0) is 19.3. The number of nitrogens with zero attached hydrogens (tertiary/aromatic N) is 3. The molecule has 27 heavy (non-hydrogen) atoms. The van der Waals surface area contributed by atoms with Crippen molar-refractivity contribution < 1.29 is 17.6 Å². The van der Waals surface area contributed by atoms with Crippen molar-refractivity contribution in [3.05, 3.63) is 71.9 Å². The van der Waals surface area contributed by atoms with Crippen LogP contribution in [0.4, 0.5) is 0 Å². The zero-order valence-corrected chi connectivity index (χ0v) is 15.4. The molecule has 9 heteroatoms. The third-order valence-electron chi connectivity index (χ3n) is 3.85. The highest BCUT2D eigenvalue weighted by Gasteiger charge is 2.26. The highest BCUT2D eigenvalue weighted by atomic mass is 32.2. The summed E-state index contributed by atoms with van der Waals surface area (Å²) < 4.78 is 29.3. The van der Waals surface area contributed by atoms with Gasteiger partial charge in [0, 0.05) is 12.6 Å². The van der Waals surface area contributed by atoms with E-state index in [0.29, 0.717) is 6.42 Å². The Bertz CT molecular complexity index is 1000. The van der Waals surface area contributed by atoms with Gasteiger partial charge in [0.25, 0.3) is 5.91 Å². The number of nitrogens with one attached hydrogen (secondary N) is 1. The smallest absolute Gasteiger partial charge is 0.335 e. The van der Waals surface area contributed by atoms with Gasteiger partial charge in [-0.25, -0.2) is 8.42 Å². The summed E-state index contributed by atoms with van der Waals surface area (Å²) in [7, 11) is -3.63. The van der Waals surface area contributed by atoms with Crippen LogP contribution in [0, 0.1) is 0 Å². The van der Waals surface area contributed by atoms with E-state index in [4.69, 9.17) is 4.42 Å². The van der Waals surface area contributed by atoms with E-state index in [9.17, 15) is 13.2 Å². The van der Waals surface area contributed by atoms with Crippen molar-refractivity contribution in [2.24, 2.45) is 0 Å². The summed E-state index contributed by atoms with van der Waals surface area (Å²) in [5.41, 5.74) is 1.15. The van der Waals surface area contributed by atoms with Crippen molar-refractivity contribution in [2.45, 2.75) is 24.6 Å². The second-order valence-corrected chi connectivity index (χ2v) is 7.90. The fourth-order valence-corrected chi connectivity index (χ4v) is 3.01.